The Kier molecular flexibility index (Phi) is 7.95. The molecule has 0 unspecified atom stereocenters. The lowest BCUT2D eigenvalue weighted by molar-refractivity contribution is -0.170. The summed E-state index contributed by atoms with van der Waals surface area (Å²) in [4.78, 5) is 13.4. The SMILES string of the molecule is CC.CC(C)NC(=O)N(C)[C@H]1C[C@@H](C)O[C@@H](O)C1.[HH]. The lowest BCUT2D eigenvalue weighted by Gasteiger charge is -2.36. The summed E-state index contributed by atoms with van der Waals surface area (Å²) < 4.78 is 5.22. The van der Waals surface area contributed by atoms with Crippen LogP contribution in [0.2, 0.25) is 0 Å². The Bertz CT molecular complexity index is 242. The van der Waals surface area contributed by atoms with Crippen molar-refractivity contribution in [1.29, 1.82) is 0 Å². The van der Waals surface area contributed by atoms with Crippen LogP contribution in [-0.4, -0.2) is 47.6 Å². The summed E-state index contributed by atoms with van der Waals surface area (Å²) in [6, 6.07) is 0.0657. The molecule has 2 N–H and O–H groups in total. The van der Waals surface area contributed by atoms with Gasteiger partial charge in [0, 0.05) is 27.0 Å². The summed E-state index contributed by atoms with van der Waals surface area (Å²) in [6.45, 7) is 9.75. The third kappa shape index (κ3) is 5.69. The molecule has 1 heterocycles. The van der Waals surface area contributed by atoms with Crippen molar-refractivity contribution < 1.29 is 16.1 Å². The Morgan fingerprint density at radius 2 is 2.00 bits per heavy atom. The molecule has 18 heavy (non-hydrogen) atoms. The predicted octanol–water partition coefficient (Wildman–Crippen LogP) is 2.19. The second-order valence-electron chi connectivity index (χ2n) is 4.74. The number of ether oxygens (including phenoxy) is 1. The van der Waals surface area contributed by atoms with Crippen molar-refractivity contribution in [3.05, 3.63) is 0 Å². The van der Waals surface area contributed by atoms with Crippen molar-refractivity contribution >= 4 is 6.03 Å². The van der Waals surface area contributed by atoms with Crippen LogP contribution in [0.25, 0.3) is 0 Å². The maximum Gasteiger partial charge on any atom is 0.317 e. The van der Waals surface area contributed by atoms with Gasteiger partial charge in [0.15, 0.2) is 6.29 Å². The van der Waals surface area contributed by atoms with Crippen molar-refractivity contribution in [3.63, 3.8) is 0 Å². The van der Waals surface area contributed by atoms with Crippen LogP contribution in [0.15, 0.2) is 0 Å². The van der Waals surface area contributed by atoms with E-state index in [1.54, 1.807) is 11.9 Å². The van der Waals surface area contributed by atoms with Crippen molar-refractivity contribution in [2.45, 2.75) is 71.9 Å². The number of nitrogens with one attached hydrogen (secondary N) is 1. The topological polar surface area (TPSA) is 61.8 Å². The maximum atomic E-state index is 11.8. The molecule has 1 fully saturated rings. The smallest absolute Gasteiger partial charge is 0.317 e. The minimum atomic E-state index is -0.761. The van der Waals surface area contributed by atoms with E-state index in [0.29, 0.717) is 6.42 Å². The molecule has 0 radical (unpaired) electrons. The molecule has 0 bridgehead atoms. The molecule has 0 aromatic carbocycles. The number of hydrogen-bond donors (Lipinski definition) is 2. The highest BCUT2D eigenvalue weighted by atomic mass is 16.6. The maximum absolute atomic E-state index is 11.8. The number of carbonyl (C=O) groups excluding carboxylic acids is 1. The fourth-order valence-electron chi connectivity index (χ4n) is 1.92. The molecular weight excluding hydrogens is 232 g/mol. The number of aliphatic hydroxyl groups is 1. The summed E-state index contributed by atoms with van der Waals surface area (Å²) >= 11 is 0. The van der Waals surface area contributed by atoms with Gasteiger partial charge in [-0.3, -0.25) is 0 Å². The van der Waals surface area contributed by atoms with Gasteiger partial charge in [0.2, 0.25) is 0 Å². The first-order valence-corrected chi connectivity index (χ1v) is 6.77. The van der Waals surface area contributed by atoms with E-state index in [2.05, 4.69) is 5.32 Å². The van der Waals surface area contributed by atoms with Gasteiger partial charge in [-0.25, -0.2) is 4.79 Å². The van der Waals surface area contributed by atoms with Crippen molar-refractivity contribution in [1.82, 2.24) is 10.2 Å². The van der Waals surface area contributed by atoms with E-state index in [4.69, 9.17) is 4.74 Å². The second-order valence-corrected chi connectivity index (χ2v) is 4.74. The van der Waals surface area contributed by atoms with E-state index < -0.39 is 6.29 Å². The van der Waals surface area contributed by atoms with Crippen molar-refractivity contribution in [2.24, 2.45) is 0 Å². The molecule has 2 amide bonds. The third-order valence-corrected chi connectivity index (χ3v) is 2.75. The van der Waals surface area contributed by atoms with Crippen LogP contribution in [0.4, 0.5) is 4.79 Å². The Morgan fingerprint density at radius 3 is 2.44 bits per heavy atom. The molecule has 1 aliphatic rings. The van der Waals surface area contributed by atoms with Gasteiger partial charge >= 0.3 is 6.03 Å². The zero-order chi connectivity index (χ0) is 14.3. The van der Waals surface area contributed by atoms with Gasteiger partial charge in [-0.2, -0.15) is 0 Å². The molecule has 5 heteroatoms. The van der Waals surface area contributed by atoms with Crippen LogP contribution < -0.4 is 5.32 Å². The summed E-state index contributed by atoms with van der Waals surface area (Å²) in [5.41, 5.74) is 0. The molecule has 1 saturated heterocycles. The number of aliphatic hydroxyl groups excluding tert-OH is 1. The van der Waals surface area contributed by atoms with Gasteiger partial charge in [-0.05, 0) is 27.2 Å². The fraction of sp³-hybridized carbons (Fsp3) is 0.923. The fourth-order valence-corrected chi connectivity index (χ4v) is 1.92. The van der Waals surface area contributed by atoms with Crippen LogP contribution in [0.5, 0.6) is 0 Å². The molecule has 0 aromatic heterocycles. The van der Waals surface area contributed by atoms with Gasteiger partial charge < -0.3 is 20.1 Å². The summed E-state index contributed by atoms with van der Waals surface area (Å²) in [5, 5.41) is 12.3. The van der Waals surface area contributed by atoms with E-state index in [1.165, 1.54) is 0 Å². The van der Waals surface area contributed by atoms with Crippen LogP contribution in [0.3, 0.4) is 0 Å². The first kappa shape index (κ1) is 17.2. The molecule has 110 valence electrons. The Hall–Kier alpha value is -0.810. The quantitative estimate of drug-likeness (QED) is 0.802. The van der Waals surface area contributed by atoms with E-state index in [1.807, 2.05) is 34.6 Å². The Morgan fingerprint density at radius 1 is 1.44 bits per heavy atom. The molecule has 0 spiro atoms. The molecule has 1 aliphatic heterocycles. The monoisotopic (exact) mass is 262 g/mol. The highest BCUT2D eigenvalue weighted by molar-refractivity contribution is 5.74. The molecule has 0 aliphatic carbocycles. The zero-order valence-corrected chi connectivity index (χ0v) is 12.4. The average molecular weight is 262 g/mol. The Labute approximate surface area is 112 Å². The van der Waals surface area contributed by atoms with E-state index in [-0.39, 0.29) is 25.6 Å². The highest BCUT2D eigenvalue weighted by Gasteiger charge is 2.30. The minimum Gasteiger partial charge on any atom is -0.368 e. The minimum absolute atomic E-state index is 0. The second kappa shape index (κ2) is 8.32. The molecule has 5 nitrogen and oxygen atoms in total. The zero-order valence-electron chi connectivity index (χ0n) is 12.4. The van der Waals surface area contributed by atoms with Gasteiger partial charge in [0.25, 0.3) is 0 Å². The molecule has 0 aromatic rings. The van der Waals surface area contributed by atoms with Crippen LogP contribution in [-0.2, 0) is 4.74 Å². The van der Waals surface area contributed by atoms with Gasteiger partial charge in [0.05, 0.1) is 6.10 Å². The normalized spacial score (nSPS) is 27.2. The first-order chi connectivity index (χ1) is 8.40. The Balaban J connectivity index is 0. The van der Waals surface area contributed by atoms with Crippen LogP contribution in [0.1, 0.15) is 48.9 Å². The first-order valence-electron chi connectivity index (χ1n) is 6.77. The van der Waals surface area contributed by atoms with Gasteiger partial charge in [0.1, 0.15) is 0 Å². The predicted molar refractivity (Wildman–Crippen MR) is 74.5 cm³/mol. The summed E-state index contributed by atoms with van der Waals surface area (Å²) in [6.07, 6.45) is 0.469. The van der Waals surface area contributed by atoms with Gasteiger partial charge in [-0.15, -0.1) is 0 Å². The van der Waals surface area contributed by atoms with Crippen LogP contribution in [0, 0.1) is 0 Å². The number of hydrogen-bond acceptors (Lipinski definition) is 3. The number of nitrogens with zero attached hydrogens (tertiary/aromatic N) is 1. The largest absolute Gasteiger partial charge is 0.368 e. The molecule has 3 atom stereocenters. The van der Waals surface area contributed by atoms with Crippen molar-refractivity contribution in [3.8, 4) is 0 Å². The van der Waals surface area contributed by atoms with Crippen molar-refractivity contribution in [2.75, 3.05) is 7.05 Å². The van der Waals surface area contributed by atoms with E-state index in [0.717, 1.165) is 6.42 Å². The number of urea groups is 1. The summed E-state index contributed by atoms with van der Waals surface area (Å²) in [7, 11) is 1.76. The van der Waals surface area contributed by atoms with Gasteiger partial charge in [-0.1, -0.05) is 13.8 Å². The standard InChI is InChI=1S/C11H22N2O3.C2H6.H2/c1-7(2)12-11(15)13(4)9-5-8(3)16-10(14)6-9;1-2;/h7-10,14H,5-6H2,1-4H3,(H,12,15);1-2H3;1H/t8-,9+,10-;;/m1../s1. The molecule has 0 saturated carbocycles. The lowest BCUT2D eigenvalue weighted by Crippen LogP contribution is -2.50. The lowest BCUT2D eigenvalue weighted by atomic mass is 10.0. The molecular formula is C13H30N2O3. The third-order valence-electron chi connectivity index (χ3n) is 2.75. The average Bonchev–Trinajstić information content (AvgIpc) is 2.28. The van der Waals surface area contributed by atoms with Crippen LogP contribution >= 0.6 is 0 Å². The number of rotatable bonds is 2. The van der Waals surface area contributed by atoms with E-state index >= 15 is 0 Å². The summed E-state index contributed by atoms with van der Waals surface area (Å²) in [5.74, 6) is 0. The molecule has 1 rings (SSSR count). The number of carbonyl (C=O) groups is 1. The number of amides is 2. The van der Waals surface area contributed by atoms with E-state index in [9.17, 15) is 9.90 Å². The highest BCUT2D eigenvalue weighted by Crippen LogP contribution is 2.21.